The lowest BCUT2D eigenvalue weighted by atomic mass is 9.89. The van der Waals surface area contributed by atoms with Gasteiger partial charge in [0.15, 0.2) is 5.43 Å². The van der Waals surface area contributed by atoms with Crippen LogP contribution in [0.3, 0.4) is 0 Å². The van der Waals surface area contributed by atoms with Gasteiger partial charge in [-0.25, -0.2) is 0 Å². The highest BCUT2D eigenvalue weighted by Gasteiger charge is 2.37. The number of aromatic hydroxyl groups is 1. The number of methoxy groups -OCH3 is 2. The minimum absolute atomic E-state index is 0.0419. The van der Waals surface area contributed by atoms with Gasteiger partial charge in [0.2, 0.25) is 0 Å². The fraction of sp³-hybridized carbons (Fsp3) is 0.348. The first kappa shape index (κ1) is 20.7. The summed E-state index contributed by atoms with van der Waals surface area (Å²) in [5.41, 5.74) is 1.29. The van der Waals surface area contributed by atoms with Gasteiger partial charge in [-0.3, -0.25) is 4.79 Å². The molecular weight excluding hydrogens is 406 g/mol. The third-order valence-electron chi connectivity index (χ3n) is 5.87. The van der Waals surface area contributed by atoms with Gasteiger partial charge in [-0.1, -0.05) is 23.7 Å². The predicted octanol–water partition coefficient (Wildman–Crippen LogP) is 4.26. The van der Waals surface area contributed by atoms with Crippen molar-refractivity contribution in [3.05, 3.63) is 57.2 Å². The number of phenols is 1. The van der Waals surface area contributed by atoms with Crippen LogP contribution in [0.5, 0.6) is 11.5 Å². The van der Waals surface area contributed by atoms with E-state index in [0.717, 1.165) is 13.0 Å². The van der Waals surface area contributed by atoms with Crippen LogP contribution in [0.2, 0.25) is 5.02 Å². The summed E-state index contributed by atoms with van der Waals surface area (Å²) in [6, 6.07) is 10.1. The molecule has 1 fully saturated rings. The maximum atomic E-state index is 13.1. The first-order valence-corrected chi connectivity index (χ1v) is 10.2. The van der Waals surface area contributed by atoms with E-state index in [1.54, 1.807) is 19.2 Å². The zero-order valence-electron chi connectivity index (χ0n) is 17.1. The van der Waals surface area contributed by atoms with Crippen molar-refractivity contribution in [2.45, 2.75) is 18.4 Å². The fourth-order valence-electron chi connectivity index (χ4n) is 4.38. The monoisotopic (exact) mass is 429 g/mol. The van der Waals surface area contributed by atoms with Crippen molar-refractivity contribution in [2.24, 2.45) is 0 Å². The average molecular weight is 430 g/mol. The molecule has 0 saturated carbocycles. The van der Waals surface area contributed by atoms with Crippen molar-refractivity contribution >= 4 is 22.6 Å². The highest BCUT2D eigenvalue weighted by molar-refractivity contribution is 6.33. The summed E-state index contributed by atoms with van der Waals surface area (Å²) in [5.74, 6) is 0.607. The lowest BCUT2D eigenvalue weighted by Crippen LogP contribution is -2.32. The van der Waals surface area contributed by atoms with Crippen LogP contribution in [0.1, 0.15) is 17.9 Å². The highest BCUT2D eigenvalue weighted by Crippen LogP contribution is 2.44. The maximum absolute atomic E-state index is 13.1. The molecule has 2 aromatic carbocycles. The van der Waals surface area contributed by atoms with Crippen LogP contribution in [0.15, 0.2) is 45.6 Å². The lowest BCUT2D eigenvalue weighted by Gasteiger charge is -2.25. The largest absolute Gasteiger partial charge is 0.507 e. The molecule has 0 amide bonds. The second-order valence-electron chi connectivity index (χ2n) is 7.57. The van der Waals surface area contributed by atoms with E-state index >= 15 is 0 Å². The molecule has 1 unspecified atom stereocenters. The number of fused-ring (bicyclic) bond motifs is 1. The quantitative estimate of drug-likeness (QED) is 0.653. The van der Waals surface area contributed by atoms with Crippen molar-refractivity contribution in [1.82, 2.24) is 4.90 Å². The summed E-state index contributed by atoms with van der Waals surface area (Å²) in [4.78, 5) is 15.3. The van der Waals surface area contributed by atoms with Crippen LogP contribution in [0.25, 0.3) is 22.3 Å². The van der Waals surface area contributed by atoms with E-state index in [2.05, 4.69) is 4.90 Å². The molecule has 7 heteroatoms. The molecule has 6 nitrogen and oxygen atoms in total. The van der Waals surface area contributed by atoms with Crippen LogP contribution in [-0.2, 0) is 4.74 Å². The van der Waals surface area contributed by atoms with Gasteiger partial charge in [-0.2, -0.15) is 0 Å². The molecule has 4 rings (SSSR count). The third-order valence-corrected chi connectivity index (χ3v) is 6.20. The Balaban J connectivity index is 2.02. The number of hydrogen-bond acceptors (Lipinski definition) is 6. The van der Waals surface area contributed by atoms with Crippen molar-refractivity contribution in [3.63, 3.8) is 0 Å². The summed E-state index contributed by atoms with van der Waals surface area (Å²) in [5, 5.41) is 11.7. The summed E-state index contributed by atoms with van der Waals surface area (Å²) in [6.45, 7) is 1.35. The first-order valence-electron chi connectivity index (χ1n) is 9.78. The minimum Gasteiger partial charge on any atom is -0.507 e. The number of benzene rings is 2. The SMILES string of the molecule is COC[C@H]1C(c2c(O)cc(OC)c3c(=O)cc(-c4ccccc4Cl)oc23)CCN1C. The molecule has 1 aliphatic rings. The van der Waals surface area contributed by atoms with Crippen LogP contribution < -0.4 is 10.2 Å². The summed E-state index contributed by atoms with van der Waals surface area (Å²) < 4.78 is 17.1. The van der Waals surface area contributed by atoms with E-state index in [9.17, 15) is 9.90 Å². The van der Waals surface area contributed by atoms with E-state index in [-0.39, 0.29) is 28.9 Å². The molecule has 2 heterocycles. The van der Waals surface area contributed by atoms with Gasteiger partial charge in [0, 0.05) is 42.3 Å². The molecule has 0 aliphatic carbocycles. The summed E-state index contributed by atoms with van der Waals surface area (Å²) >= 11 is 6.34. The van der Waals surface area contributed by atoms with Crippen molar-refractivity contribution in [2.75, 3.05) is 34.4 Å². The zero-order chi connectivity index (χ0) is 21.4. The Morgan fingerprint density at radius 1 is 1.27 bits per heavy atom. The number of nitrogens with zero attached hydrogens (tertiary/aromatic N) is 1. The van der Waals surface area contributed by atoms with Gasteiger partial charge in [-0.05, 0) is 32.1 Å². The second-order valence-corrected chi connectivity index (χ2v) is 7.98. The third kappa shape index (κ3) is 3.45. The van der Waals surface area contributed by atoms with Crippen molar-refractivity contribution in [3.8, 4) is 22.8 Å². The number of likely N-dealkylation sites (N-methyl/N-ethyl adjacent to an activating group) is 1. The smallest absolute Gasteiger partial charge is 0.197 e. The predicted molar refractivity (Wildman–Crippen MR) is 117 cm³/mol. The Bertz CT molecular complexity index is 1140. The van der Waals surface area contributed by atoms with E-state index in [4.69, 9.17) is 25.5 Å². The van der Waals surface area contributed by atoms with Gasteiger partial charge >= 0.3 is 0 Å². The summed E-state index contributed by atoms with van der Waals surface area (Å²) in [7, 11) is 5.15. The molecule has 1 saturated heterocycles. The van der Waals surface area contributed by atoms with E-state index in [1.807, 2.05) is 19.2 Å². The highest BCUT2D eigenvalue weighted by atomic mass is 35.5. The average Bonchev–Trinajstić information content (AvgIpc) is 3.07. The van der Waals surface area contributed by atoms with Crippen LogP contribution >= 0.6 is 11.6 Å². The lowest BCUT2D eigenvalue weighted by molar-refractivity contribution is 0.122. The molecule has 0 radical (unpaired) electrons. The van der Waals surface area contributed by atoms with Crippen LogP contribution in [-0.4, -0.2) is 50.5 Å². The molecule has 1 aromatic heterocycles. The van der Waals surface area contributed by atoms with Gasteiger partial charge in [0.1, 0.15) is 28.2 Å². The fourth-order valence-corrected chi connectivity index (χ4v) is 4.61. The Labute approximate surface area is 179 Å². The van der Waals surface area contributed by atoms with Crippen molar-refractivity contribution < 1.29 is 19.0 Å². The number of hydrogen-bond donors (Lipinski definition) is 1. The Kier molecular flexibility index (Phi) is 5.73. The molecule has 1 aliphatic heterocycles. The molecule has 3 aromatic rings. The topological polar surface area (TPSA) is 72.1 Å². The van der Waals surface area contributed by atoms with Crippen LogP contribution in [0.4, 0.5) is 0 Å². The van der Waals surface area contributed by atoms with Crippen LogP contribution in [0, 0.1) is 0 Å². The minimum atomic E-state index is -0.251. The maximum Gasteiger partial charge on any atom is 0.197 e. The molecule has 0 spiro atoms. The number of ether oxygens (including phenoxy) is 2. The Hall–Kier alpha value is -2.54. The van der Waals surface area contributed by atoms with Crippen molar-refractivity contribution in [1.29, 1.82) is 0 Å². The zero-order valence-corrected chi connectivity index (χ0v) is 17.9. The molecular formula is C23H24ClNO5. The van der Waals surface area contributed by atoms with Gasteiger partial charge in [0.25, 0.3) is 0 Å². The normalized spacial score (nSPS) is 19.5. The second kappa shape index (κ2) is 8.30. The van der Waals surface area contributed by atoms with Gasteiger partial charge in [0.05, 0.1) is 18.7 Å². The van der Waals surface area contributed by atoms with Gasteiger partial charge < -0.3 is 23.9 Å². The molecule has 2 atom stereocenters. The van der Waals surface area contributed by atoms with E-state index in [0.29, 0.717) is 39.5 Å². The molecule has 1 N–H and O–H groups in total. The van der Waals surface area contributed by atoms with E-state index in [1.165, 1.54) is 19.2 Å². The number of likely N-dealkylation sites (tertiary alicyclic amines) is 1. The standard InChI is InChI=1S/C23H24ClNO5/c1-25-9-8-14(16(25)12-28-2)21-17(26)11-20(29-3)22-18(27)10-19(30-23(21)22)13-6-4-5-7-15(13)24/h4-7,10-11,14,16,26H,8-9,12H2,1-3H3/t14?,16-/m0/s1. The first-order chi connectivity index (χ1) is 14.5. The van der Waals surface area contributed by atoms with Gasteiger partial charge in [-0.15, -0.1) is 0 Å². The number of phenolic OH excluding ortho intramolecular Hbond substituents is 1. The molecule has 0 bridgehead atoms. The molecule has 30 heavy (non-hydrogen) atoms. The summed E-state index contributed by atoms with van der Waals surface area (Å²) in [6.07, 6.45) is 0.805. The van der Waals surface area contributed by atoms with E-state index < -0.39 is 0 Å². The number of rotatable bonds is 5. The Morgan fingerprint density at radius 2 is 2.03 bits per heavy atom. The molecule has 158 valence electrons. The Morgan fingerprint density at radius 3 is 2.73 bits per heavy atom. The number of halogens is 1.